The quantitative estimate of drug-likeness (QED) is 0.332. The van der Waals surface area contributed by atoms with Crippen molar-refractivity contribution in [2.24, 2.45) is 5.73 Å². The summed E-state index contributed by atoms with van der Waals surface area (Å²) in [5, 5.41) is 22.8. The van der Waals surface area contributed by atoms with Crippen LogP contribution in [0.4, 0.5) is 0 Å². The topological polar surface area (TPSA) is 139 Å². The third-order valence-corrected chi connectivity index (χ3v) is 3.53. The van der Waals surface area contributed by atoms with Gasteiger partial charge in [0.15, 0.2) is 11.7 Å². The second-order valence-corrected chi connectivity index (χ2v) is 5.32. The molecule has 0 saturated carbocycles. The van der Waals surface area contributed by atoms with E-state index in [-0.39, 0.29) is 19.4 Å². The van der Waals surface area contributed by atoms with E-state index < -0.39 is 29.5 Å². The van der Waals surface area contributed by atoms with Crippen LogP contribution >= 0.6 is 0 Å². The van der Waals surface area contributed by atoms with Gasteiger partial charge in [-0.3, -0.25) is 14.4 Å². The SMILES string of the molecule is COC(=O)CCCNC(=O)C(O)C(O)(Cc1ccccc1)C(N)=O. The third-order valence-electron chi connectivity index (χ3n) is 3.53. The molecule has 0 bridgehead atoms. The van der Waals surface area contributed by atoms with Crippen molar-refractivity contribution in [3.8, 4) is 0 Å². The predicted octanol–water partition coefficient (Wildman–Crippen LogP) is -1.12. The van der Waals surface area contributed by atoms with Gasteiger partial charge in [0, 0.05) is 19.4 Å². The van der Waals surface area contributed by atoms with Gasteiger partial charge in [-0.2, -0.15) is 0 Å². The zero-order chi connectivity index (χ0) is 18.2. The lowest BCUT2D eigenvalue weighted by atomic mass is 9.87. The summed E-state index contributed by atoms with van der Waals surface area (Å²) < 4.78 is 4.45. The van der Waals surface area contributed by atoms with Crippen LogP contribution in [0.15, 0.2) is 30.3 Å². The molecule has 0 spiro atoms. The van der Waals surface area contributed by atoms with Crippen molar-refractivity contribution in [2.75, 3.05) is 13.7 Å². The van der Waals surface area contributed by atoms with Crippen molar-refractivity contribution in [3.05, 3.63) is 35.9 Å². The van der Waals surface area contributed by atoms with Gasteiger partial charge < -0.3 is 26.0 Å². The van der Waals surface area contributed by atoms with E-state index in [1.54, 1.807) is 30.3 Å². The number of hydrogen-bond donors (Lipinski definition) is 4. The molecule has 8 heteroatoms. The maximum atomic E-state index is 12.0. The first-order valence-electron chi connectivity index (χ1n) is 7.40. The first-order chi connectivity index (χ1) is 11.3. The lowest BCUT2D eigenvalue weighted by molar-refractivity contribution is -0.159. The van der Waals surface area contributed by atoms with Gasteiger partial charge in [-0.05, 0) is 12.0 Å². The van der Waals surface area contributed by atoms with Crippen molar-refractivity contribution < 1.29 is 29.3 Å². The van der Waals surface area contributed by atoms with Gasteiger partial charge in [-0.15, -0.1) is 0 Å². The minimum atomic E-state index is -2.44. The van der Waals surface area contributed by atoms with Crippen LogP contribution < -0.4 is 11.1 Å². The van der Waals surface area contributed by atoms with E-state index in [0.29, 0.717) is 12.0 Å². The molecule has 8 nitrogen and oxygen atoms in total. The zero-order valence-electron chi connectivity index (χ0n) is 13.4. The summed E-state index contributed by atoms with van der Waals surface area (Å²) >= 11 is 0. The number of methoxy groups -OCH3 is 1. The fourth-order valence-corrected chi connectivity index (χ4v) is 2.09. The molecule has 2 unspecified atom stereocenters. The van der Waals surface area contributed by atoms with Gasteiger partial charge in [0.2, 0.25) is 0 Å². The largest absolute Gasteiger partial charge is 0.469 e. The Balaban J connectivity index is 2.68. The van der Waals surface area contributed by atoms with E-state index >= 15 is 0 Å². The second kappa shape index (κ2) is 8.99. The average Bonchev–Trinajstić information content (AvgIpc) is 2.58. The lowest BCUT2D eigenvalue weighted by Crippen LogP contribution is -2.60. The molecule has 0 aliphatic carbocycles. The Labute approximate surface area is 139 Å². The first kappa shape index (κ1) is 19.6. The van der Waals surface area contributed by atoms with Crippen molar-refractivity contribution >= 4 is 17.8 Å². The van der Waals surface area contributed by atoms with Crippen molar-refractivity contribution in [1.82, 2.24) is 5.32 Å². The van der Waals surface area contributed by atoms with E-state index in [4.69, 9.17) is 5.73 Å². The number of aliphatic hydroxyl groups excluding tert-OH is 1. The molecule has 1 aromatic rings. The molecular formula is C16H22N2O6. The highest BCUT2D eigenvalue weighted by atomic mass is 16.5. The Hall–Kier alpha value is -2.45. The van der Waals surface area contributed by atoms with E-state index in [9.17, 15) is 24.6 Å². The van der Waals surface area contributed by atoms with E-state index in [2.05, 4.69) is 10.1 Å². The fourth-order valence-electron chi connectivity index (χ4n) is 2.09. The van der Waals surface area contributed by atoms with Gasteiger partial charge in [-0.25, -0.2) is 0 Å². The van der Waals surface area contributed by atoms with Gasteiger partial charge in [0.1, 0.15) is 0 Å². The summed E-state index contributed by atoms with van der Waals surface area (Å²) in [5.41, 5.74) is 3.28. The Morgan fingerprint density at radius 1 is 1.29 bits per heavy atom. The fraction of sp³-hybridized carbons (Fsp3) is 0.438. The summed E-state index contributed by atoms with van der Waals surface area (Å²) in [5.74, 6) is -2.58. The molecule has 0 aliphatic rings. The number of primary amides is 1. The van der Waals surface area contributed by atoms with Crippen LogP contribution in [-0.2, 0) is 25.5 Å². The average molecular weight is 338 g/mol. The minimum Gasteiger partial charge on any atom is -0.469 e. The lowest BCUT2D eigenvalue weighted by Gasteiger charge is -2.29. The van der Waals surface area contributed by atoms with Crippen molar-refractivity contribution in [3.63, 3.8) is 0 Å². The standard InChI is InChI=1S/C16H22N2O6/c1-24-12(19)8-5-9-18-14(21)13(20)16(23,15(17)22)10-11-6-3-2-4-7-11/h2-4,6-7,13,20,23H,5,8-10H2,1H3,(H2,17,22)(H,18,21). The Bertz CT molecular complexity index is 577. The number of hydrogen-bond acceptors (Lipinski definition) is 6. The monoisotopic (exact) mass is 338 g/mol. The first-order valence-corrected chi connectivity index (χ1v) is 7.40. The Kier molecular flexibility index (Phi) is 7.34. The summed E-state index contributed by atoms with van der Waals surface area (Å²) in [6.45, 7) is 0.0746. The van der Waals surface area contributed by atoms with Gasteiger partial charge >= 0.3 is 5.97 Å². The Morgan fingerprint density at radius 2 is 1.92 bits per heavy atom. The van der Waals surface area contributed by atoms with Crippen molar-refractivity contribution in [1.29, 1.82) is 0 Å². The predicted molar refractivity (Wildman–Crippen MR) is 84.6 cm³/mol. The highest BCUT2D eigenvalue weighted by Crippen LogP contribution is 2.18. The molecule has 0 aromatic heterocycles. The molecule has 0 saturated heterocycles. The molecule has 132 valence electrons. The third kappa shape index (κ3) is 5.32. The Morgan fingerprint density at radius 3 is 2.46 bits per heavy atom. The molecule has 1 aromatic carbocycles. The smallest absolute Gasteiger partial charge is 0.305 e. The number of nitrogens with one attached hydrogen (secondary N) is 1. The molecule has 0 radical (unpaired) electrons. The maximum Gasteiger partial charge on any atom is 0.305 e. The molecule has 2 atom stereocenters. The van der Waals surface area contributed by atoms with Gasteiger partial charge in [0.05, 0.1) is 7.11 Å². The highest BCUT2D eigenvalue weighted by Gasteiger charge is 2.45. The van der Waals surface area contributed by atoms with Crippen LogP contribution in [0, 0.1) is 0 Å². The number of ether oxygens (including phenoxy) is 1. The summed E-state index contributed by atoms with van der Waals surface area (Å²) in [6, 6.07) is 8.40. The molecule has 0 aliphatic heterocycles. The van der Waals surface area contributed by atoms with Crippen molar-refractivity contribution in [2.45, 2.75) is 31.0 Å². The maximum absolute atomic E-state index is 12.0. The van der Waals surface area contributed by atoms with Crippen LogP contribution in [0.2, 0.25) is 0 Å². The molecule has 24 heavy (non-hydrogen) atoms. The molecule has 5 N–H and O–H groups in total. The number of aliphatic hydroxyl groups is 2. The van der Waals surface area contributed by atoms with Gasteiger partial charge in [-0.1, -0.05) is 30.3 Å². The normalized spacial score (nSPS) is 14.3. The number of carbonyl (C=O) groups is 3. The number of carbonyl (C=O) groups excluding carboxylic acids is 3. The number of rotatable bonds is 9. The molecular weight excluding hydrogens is 316 g/mol. The van der Waals surface area contributed by atoms with E-state index in [0.717, 1.165) is 0 Å². The minimum absolute atomic E-state index is 0.0746. The number of nitrogens with two attached hydrogens (primary N) is 1. The van der Waals surface area contributed by atoms with Crippen LogP contribution in [-0.4, -0.2) is 53.4 Å². The van der Waals surface area contributed by atoms with E-state index in [1.165, 1.54) is 7.11 Å². The van der Waals surface area contributed by atoms with Gasteiger partial charge in [0.25, 0.3) is 11.8 Å². The molecule has 0 fully saturated rings. The number of esters is 1. The highest BCUT2D eigenvalue weighted by molar-refractivity contribution is 5.93. The van der Waals surface area contributed by atoms with Crippen LogP contribution in [0.25, 0.3) is 0 Å². The number of benzene rings is 1. The zero-order valence-corrected chi connectivity index (χ0v) is 13.4. The van der Waals surface area contributed by atoms with Crippen LogP contribution in [0.1, 0.15) is 18.4 Å². The summed E-state index contributed by atoms with van der Waals surface area (Å²) in [7, 11) is 1.25. The summed E-state index contributed by atoms with van der Waals surface area (Å²) in [6.07, 6.45) is -1.95. The van der Waals surface area contributed by atoms with Crippen LogP contribution in [0.3, 0.4) is 0 Å². The summed E-state index contributed by atoms with van der Waals surface area (Å²) in [4.78, 5) is 34.5. The molecule has 2 amide bonds. The molecule has 1 rings (SSSR count). The van der Waals surface area contributed by atoms with E-state index in [1.807, 2.05) is 0 Å². The molecule has 0 heterocycles. The van der Waals surface area contributed by atoms with Crippen LogP contribution in [0.5, 0.6) is 0 Å². The number of amides is 2. The second-order valence-electron chi connectivity index (χ2n) is 5.32.